The van der Waals surface area contributed by atoms with Crippen molar-refractivity contribution in [3.05, 3.63) is 53.1 Å². The molecule has 0 aromatic heterocycles. The van der Waals surface area contributed by atoms with E-state index in [-0.39, 0.29) is 5.91 Å². The molecule has 0 unspecified atom stereocenters. The lowest BCUT2D eigenvalue weighted by molar-refractivity contribution is 0.102. The quantitative estimate of drug-likeness (QED) is 0.634. The van der Waals surface area contributed by atoms with Gasteiger partial charge in [0.1, 0.15) is 12.4 Å². The van der Waals surface area contributed by atoms with Gasteiger partial charge in [-0.05, 0) is 49.2 Å². The first-order valence-electron chi connectivity index (χ1n) is 7.41. The predicted molar refractivity (Wildman–Crippen MR) is 92.1 cm³/mol. The Bertz CT molecular complexity index is 699. The van der Waals surface area contributed by atoms with E-state index < -0.39 is 0 Å². The number of nitrogens with one attached hydrogen (secondary N) is 1. The topological polar surface area (TPSA) is 73.6 Å². The zero-order chi connectivity index (χ0) is 16.8. The number of carbonyl (C=O) groups is 1. The molecular formula is C18H22N2O3. The molecule has 0 radical (unpaired) electrons. The minimum absolute atomic E-state index is 0.213. The summed E-state index contributed by atoms with van der Waals surface area (Å²) in [5.41, 5.74) is 9.42. The molecule has 0 bridgehead atoms. The number of methoxy groups -OCH3 is 1. The van der Waals surface area contributed by atoms with Crippen molar-refractivity contribution in [2.75, 3.05) is 31.4 Å². The zero-order valence-corrected chi connectivity index (χ0v) is 13.7. The molecule has 0 spiro atoms. The van der Waals surface area contributed by atoms with E-state index in [4.69, 9.17) is 15.2 Å². The van der Waals surface area contributed by atoms with Gasteiger partial charge in [-0.1, -0.05) is 12.1 Å². The molecule has 3 N–H and O–H groups in total. The standard InChI is InChI=1S/C18H22N2O3/c1-12-4-7-16(17(10-12)23-9-8-22-3)20-18(21)15-11-14(19)6-5-13(15)2/h4-7,10-11H,8-9,19H2,1-3H3,(H,20,21). The molecule has 5 nitrogen and oxygen atoms in total. The van der Waals surface area contributed by atoms with Gasteiger partial charge in [0.2, 0.25) is 0 Å². The van der Waals surface area contributed by atoms with Crippen LogP contribution in [0.1, 0.15) is 21.5 Å². The summed E-state index contributed by atoms with van der Waals surface area (Å²) in [5, 5.41) is 2.89. The third-order valence-electron chi connectivity index (χ3n) is 3.44. The number of ether oxygens (including phenoxy) is 2. The maximum Gasteiger partial charge on any atom is 0.256 e. The normalized spacial score (nSPS) is 10.4. The van der Waals surface area contributed by atoms with Gasteiger partial charge < -0.3 is 20.5 Å². The molecule has 0 fully saturated rings. The summed E-state index contributed by atoms with van der Waals surface area (Å²) >= 11 is 0. The number of aryl methyl sites for hydroxylation is 2. The Morgan fingerprint density at radius 2 is 1.91 bits per heavy atom. The van der Waals surface area contributed by atoms with E-state index in [1.165, 1.54) is 0 Å². The van der Waals surface area contributed by atoms with E-state index >= 15 is 0 Å². The van der Waals surface area contributed by atoms with E-state index in [1.807, 2.05) is 38.1 Å². The van der Waals surface area contributed by atoms with E-state index in [0.29, 0.717) is 35.9 Å². The number of rotatable bonds is 6. The molecule has 0 aliphatic rings. The summed E-state index contributed by atoms with van der Waals surface area (Å²) in [6.45, 7) is 4.74. The lowest BCUT2D eigenvalue weighted by Crippen LogP contribution is -2.15. The second-order valence-corrected chi connectivity index (χ2v) is 5.37. The third-order valence-corrected chi connectivity index (χ3v) is 3.44. The van der Waals surface area contributed by atoms with Crippen molar-refractivity contribution in [1.29, 1.82) is 0 Å². The van der Waals surface area contributed by atoms with Gasteiger partial charge in [-0.25, -0.2) is 0 Å². The van der Waals surface area contributed by atoms with E-state index in [0.717, 1.165) is 11.1 Å². The molecule has 2 aromatic carbocycles. The molecule has 1 amide bonds. The molecule has 0 saturated heterocycles. The summed E-state index contributed by atoms with van der Waals surface area (Å²) < 4.78 is 10.7. The molecular weight excluding hydrogens is 292 g/mol. The third kappa shape index (κ3) is 4.47. The van der Waals surface area contributed by atoms with Gasteiger partial charge in [-0.2, -0.15) is 0 Å². The average molecular weight is 314 g/mol. The predicted octanol–water partition coefficient (Wildman–Crippen LogP) is 3.16. The van der Waals surface area contributed by atoms with Crippen LogP contribution in [0, 0.1) is 13.8 Å². The van der Waals surface area contributed by atoms with Gasteiger partial charge in [0.25, 0.3) is 5.91 Å². The molecule has 0 saturated carbocycles. The maximum atomic E-state index is 12.5. The monoisotopic (exact) mass is 314 g/mol. The Morgan fingerprint density at radius 1 is 1.13 bits per heavy atom. The van der Waals surface area contributed by atoms with Crippen LogP contribution in [-0.2, 0) is 4.74 Å². The average Bonchev–Trinajstić information content (AvgIpc) is 2.52. The highest BCUT2D eigenvalue weighted by Gasteiger charge is 2.13. The maximum absolute atomic E-state index is 12.5. The smallest absolute Gasteiger partial charge is 0.256 e. The van der Waals surface area contributed by atoms with Crippen LogP contribution in [0.15, 0.2) is 36.4 Å². The highest BCUT2D eigenvalue weighted by molar-refractivity contribution is 6.06. The van der Waals surface area contributed by atoms with Gasteiger partial charge in [-0.15, -0.1) is 0 Å². The van der Waals surface area contributed by atoms with Crippen molar-refractivity contribution in [2.24, 2.45) is 0 Å². The number of anilines is 2. The summed E-state index contributed by atoms with van der Waals surface area (Å²) in [5.74, 6) is 0.409. The van der Waals surface area contributed by atoms with Gasteiger partial charge in [0, 0.05) is 18.4 Å². The number of nitrogen functional groups attached to an aromatic ring is 1. The molecule has 0 aliphatic heterocycles. The fourth-order valence-electron chi connectivity index (χ4n) is 2.16. The van der Waals surface area contributed by atoms with Crippen molar-refractivity contribution in [2.45, 2.75) is 13.8 Å². The summed E-state index contributed by atoms with van der Waals surface area (Å²) in [7, 11) is 1.62. The van der Waals surface area contributed by atoms with Crippen LogP contribution in [0.4, 0.5) is 11.4 Å². The fourth-order valence-corrected chi connectivity index (χ4v) is 2.16. The van der Waals surface area contributed by atoms with Crippen LogP contribution >= 0.6 is 0 Å². The van der Waals surface area contributed by atoms with Crippen LogP contribution in [0.5, 0.6) is 5.75 Å². The Hall–Kier alpha value is -2.53. The number of benzene rings is 2. The highest BCUT2D eigenvalue weighted by atomic mass is 16.5. The van der Waals surface area contributed by atoms with Crippen LogP contribution in [0.2, 0.25) is 0 Å². The van der Waals surface area contributed by atoms with E-state index in [1.54, 1.807) is 19.2 Å². The van der Waals surface area contributed by atoms with Gasteiger partial charge in [0.15, 0.2) is 0 Å². The van der Waals surface area contributed by atoms with Gasteiger partial charge in [0.05, 0.1) is 12.3 Å². The first kappa shape index (κ1) is 16.8. The van der Waals surface area contributed by atoms with Crippen molar-refractivity contribution in [3.8, 4) is 5.75 Å². The second-order valence-electron chi connectivity index (χ2n) is 5.37. The summed E-state index contributed by atoms with van der Waals surface area (Å²) in [6, 6.07) is 10.9. The molecule has 23 heavy (non-hydrogen) atoms. The SMILES string of the molecule is COCCOc1cc(C)ccc1NC(=O)c1cc(N)ccc1C. The van der Waals surface area contributed by atoms with Crippen LogP contribution in [0.25, 0.3) is 0 Å². The lowest BCUT2D eigenvalue weighted by Gasteiger charge is -2.14. The molecule has 0 heterocycles. The number of hydrogen-bond donors (Lipinski definition) is 2. The van der Waals surface area contributed by atoms with E-state index in [2.05, 4.69) is 5.32 Å². The first-order valence-corrected chi connectivity index (χ1v) is 7.41. The van der Waals surface area contributed by atoms with Crippen molar-refractivity contribution in [1.82, 2.24) is 0 Å². The molecule has 0 atom stereocenters. The number of carbonyl (C=O) groups excluding carboxylic acids is 1. The van der Waals surface area contributed by atoms with Crippen LogP contribution < -0.4 is 15.8 Å². The first-order chi connectivity index (χ1) is 11.0. The summed E-state index contributed by atoms with van der Waals surface area (Å²) in [4.78, 5) is 12.5. The molecule has 2 aromatic rings. The van der Waals surface area contributed by atoms with Crippen molar-refractivity contribution in [3.63, 3.8) is 0 Å². The molecule has 0 aliphatic carbocycles. The number of nitrogens with two attached hydrogens (primary N) is 1. The fraction of sp³-hybridized carbons (Fsp3) is 0.278. The zero-order valence-electron chi connectivity index (χ0n) is 13.7. The van der Waals surface area contributed by atoms with Crippen LogP contribution in [0.3, 0.4) is 0 Å². The minimum atomic E-state index is -0.213. The Morgan fingerprint density at radius 3 is 2.65 bits per heavy atom. The Kier molecular flexibility index (Phi) is 5.60. The Balaban J connectivity index is 2.21. The van der Waals surface area contributed by atoms with Crippen molar-refractivity contribution < 1.29 is 14.3 Å². The second kappa shape index (κ2) is 7.65. The largest absolute Gasteiger partial charge is 0.489 e. The minimum Gasteiger partial charge on any atom is -0.489 e. The highest BCUT2D eigenvalue weighted by Crippen LogP contribution is 2.27. The van der Waals surface area contributed by atoms with E-state index in [9.17, 15) is 4.79 Å². The molecule has 5 heteroatoms. The lowest BCUT2D eigenvalue weighted by atomic mass is 10.1. The van der Waals surface area contributed by atoms with Crippen molar-refractivity contribution >= 4 is 17.3 Å². The number of amides is 1. The van der Waals surface area contributed by atoms with Gasteiger partial charge >= 0.3 is 0 Å². The molecule has 2 rings (SSSR count). The van der Waals surface area contributed by atoms with Crippen LogP contribution in [-0.4, -0.2) is 26.2 Å². The Labute approximate surface area is 136 Å². The number of hydrogen-bond acceptors (Lipinski definition) is 4. The summed E-state index contributed by atoms with van der Waals surface area (Å²) in [6.07, 6.45) is 0. The van der Waals surface area contributed by atoms with Gasteiger partial charge in [-0.3, -0.25) is 4.79 Å². The molecule has 122 valence electrons.